The summed E-state index contributed by atoms with van der Waals surface area (Å²) in [5.74, 6) is 0.886. The van der Waals surface area contributed by atoms with Gasteiger partial charge in [0.15, 0.2) is 0 Å². The van der Waals surface area contributed by atoms with Gasteiger partial charge in [0, 0.05) is 18.6 Å². The van der Waals surface area contributed by atoms with E-state index in [1.165, 1.54) is 6.20 Å². The van der Waals surface area contributed by atoms with E-state index >= 15 is 0 Å². The van der Waals surface area contributed by atoms with E-state index in [1.54, 1.807) is 48.8 Å². The second-order valence-electron chi connectivity index (χ2n) is 6.15. The van der Waals surface area contributed by atoms with Crippen molar-refractivity contribution in [1.82, 2.24) is 4.98 Å². The summed E-state index contributed by atoms with van der Waals surface area (Å²) in [4.78, 5) is 20.4. The van der Waals surface area contributed by atoms with E-state index in [0.29, 0.717) is 11.3 Å². The normalized spacial score (nSPS) is 10.8. The van der Waals surface area contributed by atoms with Gasteiger partial charge in [-0.15, -0.1) is 0 Å². The van der Waals surface area contributed by atoms with Crippen LogP contribution < -0.4 is 9.47 Å². The van der Waals surface area contributed by atoms with Crippen molar-refractivity contribution in [3.8, 4) is 11.5 Å². The van der Waals surface area contributed by atoms with Crippen LogP contribution in [0.5, 0.6) is 11.5 Å². The van der Waals surface area contributed by atoms with E-state index in [2.05, 4.69) is 16.9 Å². The highest BCUT2D eigenvalue weighted by Crippen LogP contribution is 2.19. The number of aromatic nitrogens is 1. The van der Waals surface area contributed by atoms with Gasteiger partial charge in [-0.3, -0.25) is 9.98 Å². The number of unbranched alkanes of at least 4 members (excludes halogenated alkanes) is 1. The zero-order chi connectivity index (χ0) is 19.6. The monoisotopic (exact) mass is 374 g/mol. The van der Waals surface area contributed by atoms with Crippen molar-refractivity contribution in [2.45, 2.75) is 19.8 Å². The molecule has 0 saturated carbocycles. The van der Waals surface area contributed by atoms with Gasteiger partial charge in [-0.05, 0) is 72.6 Å². The maximum atomic E-state index is 12.0. The molecule has 2 aromatic carbocycles. The first-order chi connectivity index (χ1) is 13.7. The molecule has 0 saturated heterocycles. The van der Waals surface area contributed by atoms with Crippen LogP contribution in [0.25, 0.3) is 0 Å². The quantitative estimate of drug-likeness (QED) is 0.234. The van der Waals surface area contributed by atoms with E-state index < -0.39 is 5.97 Å². The average molecular weight is 374 g/mol. The Morgan fingerprint density at radius 3 is 2.46 bits per heavy atom. The maximum absolute atomic E-state index is 12.0. The molecule has 0 N–H and O–H groups in total. The molecule has 0 bridgehead atoms. The smallest absolute Gasteiger partial charge is 0.345 e. The van der Waals surface area contributed by atoms with Gasteiger partial charge in [0.1, 0.15) is 11.5 Å². The number of hydrogen-bond donors (Lipinski definition) is 0. The topological polar surface area (TPSA) is 60.8 Å². The van der Waals surface area contributed by atoms with Gasteiger partial charge in [-0.25, -0.2) is 4.79 Å². The summed E-state index contributed by atoms with van der Waals surface area (Å²) >= 11 is 0. The van der Waals surface area contributed by atoms with Gasteiger partial charge in [-0.1, -0.05) is 13.3 Å². The third-order valence-corrected chi connectivity index (χ3v) is 3.95. The molecule has 0 radical (unpaired) electrons. The Hall–Kier alpha value is -3.47. The number of aliphatic imine (C=N–C) groups is 1. The molecular weight excluding hydrogens is 352 g/mol. The van der Waals surface area contributed by atoms with Crippen LogP contribution in [0.3, 0.4) is 0 Å². The Morgan fingerprint density at radius 2 is 1.79 bits per heavy atom. The number of nitrogens with zero attached hydrogens (tertiary/aromatic N) is 2. The summed E-state index contributed by atoms with van der Waals surface area (Å²) in [5, 5.41) is 0. The Kier molecular flexibility index (Phi) is 6.90. The fourth-order valence-electron chi connectivity index (χ4n) is 2.38. The highest BCUT2D eigenvalue weighted by atomic mass is 16.5. The summed E-state index contributed by atoms with van der Waals surface area (Å²) in [6.07, 6.45) is 7.03. The van der Waals surface area contributed by atoms with Gasteiger partial charge in [-0.2, -0.15) is 0 Å². The molecule has 0 amide bonds. The lowest BCUT2D eigenvalue weighted by Crippen LogP contribution is -2.08. The van der Waals surface area contributed by atoms with Crippen molar-refractivity contribution in [3.05, 3.63) is 84.2 Å². The second kappa shape index (κ2) is 10.0. The summed E-state index contributed by atoms with van der Waals surface area (Å²) in [7, 11) is 0. The largest absolute Gasteiger partial charge is 0.494 e. The number of ether oxygens (including phenoxy) is 2. The summed E-state index contributed by atoms with van der Waals surface area (Å²) < 4.78 is 11.0. The number of pyridine rings is 1. The zero-order valence-electron chi connectivity index (χ0n) is 15.7. The van der Waals surface area contributed by atoms with E-state index in [0.717, 1.165) is 36.4 Å². The SMILES string of the molecule is CCCCOc1ccc(C=Nc2ccc(OC(=O)c3cccnc3)cc2)cc1. The Balaban J connectivity index is 1.55. The number of carbonyl (C=O) groups excluding carboxylic acids is 1. The molecule has 1 heterocycles. The summed E-state index contributed by atoms with van der Waals surface area (Å²) in [6, 6.07) is 18.2. The van der Waals surface area contributed by atoms with Gasteiger partial charge in [0.25, 0.3) is 0 Å². The van der Waals surface area contributed by atoms with Crippen molar-refractivity contribution in [2.24, 2.45) is 4.99 Å². The minimum Gasteiger partial charge on any atom is -0.494 e. The summed E-state index contributed by atoms with van der Waals surface area (Å²) in [5.41, 5.74) is 2.16. The molecule has 0 aliphatic heterocycles. The van der Waals surface area contributed by atoms with Crippen LogP contribution >= 0.6 is 0 Å². The third kappa shape index (κ3) is 5.77. The predicted molar refractivity (Wildman–Crippen MR) is 110 cm³/mol. The number of carbonyl (C=O) groups is 1. The number of hydrogen-bond acceptors (Lipinski definition) is 5. The Bertz CT molecular complexity index is 905. The minimum absolute atomic E-state index is 0.409. The van der Waals surface area contributed by atoms with E-state index in [1.807, 2.05) is 24.3 Å². The fraction of sp³-hybridized carbons (Fsp3) is 0.174. The predicted octanol–water partition coefficient (Wildman–Crippen LogP) is 5.23. The fourth-order valence-corrected chi connectivity index (χ4v) is 2.38. The van der Waals surface area contributed by atoms with Crippen LogP contribution in [-0.4, -0.2) is 23.8 Å². The highest BCUT2D eigenvalue weighted by Gasteiger charge is 2.07. The second-order valence-corrected chi connectivity index (χ2v) is 6.15. The Morgan fingerprint density at radius 1 is 1.04 bits per heavy atom. The first kappa shape index (κ1) is 19.3. The first-order valence-corrected chi connectivity index (χ1v) is 9.24. The van der Waals surface area contributed by atoms with Gasteiger partial charge in [0.2, 0.25) is 0 Å². The third-order valence-electron chi connectivity index (χ3n) is 3.95. The lowest BCUT2D eigenvalue weighted by atomic mass is 10.2. The lowest BCUT2D eigenvalue weighted by molar-refractivity contribution is 0.0734. The molecule has 0 unspecified atom stereocenters. The maximum Gasteiger partial charge on any atom is 0.345 e. The molecule has 0 atom stereocenters. The van der Waals surface area contributed by atoms with Crippen LogP contribution in [0.4, 0.5) is 5.69 Å². The van der Waals surface area contributed by atoms with Gasteiger partial charge in [0.05, 0.1) is 17.9 Å². The molecule has 3 aromatic rings. The molecular formula is C23H22N2O3. The Labute approximate surface area is 164 Å². The molecule has 0 spiro atoms. The van der Waals surface area contributed by atoms with Crippen LogP contribution in [0.1, 0.15) is 35.7 Å². The standard InChI is InChI=1S/C23H22N2O3/c1-2-3-15-27-21-10-6-18(7-11-21)16-25-20-8-12-22(13-9-20)28-23(26)19-5-4-14-24-17-19/h4-14,16-17H,2-3,15H2,1H3. The first-order valence-electron chi connectivity index (χ1n) is 9.24. The van der Waals surface area contributed by atoms with E-state index in [4.69, 9.17) is 9.47 Å². The number of rotatable bonds is 8. The van der Waals surface area contributed by atoms with E-state index in [9.17, 15) is 4.79 Å². The van der Waals surface area contributed by atoms with Crippen LogP contribution in [-0.2, 0) is 0 Å². The number of benzene rings is 2. The molecule has 3 rings (SSSR count). The molecule has 28 heavy (non-hydrogen) atoms. The van der Waals surface area contributed by atoms with Crippen molar-refractivity contribution < 1.29 is 14.3 Å². The molecule has 0 aliphatic rings. The van der Waals surface area contributed by atoms with E-state index in [-0.39, 0.29) is 0 Å². The lowest BCUT2D eigenvalue weighted by Gasteiger charge is -2.05. The zero-order valence-corrected chi connectivity index (χ0v) is 15.7. The molecule has 0 aliphatic carbocycles. The van der Waals surface area contributed by atoms with Crippen LogP contribution in [0, 0.1) is 0 Å². The molecule has 5 nitrogen and oxygen atoms in total. The molecule has 1 aromatic heterocycles. The van der Waals surface area contributed by atoms with Crippen molar-refractivity contribution in [2.75, 3.05) is 6.61 Å². The van der Waals surface area contributed by atoms with Crippen molar-refractivity contribution >= 4 is 17.9 Å². The van der Waals surface area contributed by atoms with Gasteiger partial charge >= 0.3 is 5.97 Å². The molecule has 5 heteroatoms. The number of esters is 1. The van der Waals surface area contributed by atoms with Crippen LogP contribution in [0.2, 0.25) is 0 Å². The average Bonchev–Trinajstić information content (AvgIpc) is 2.75. The molecule has 0 fully saturated rings. The van der Waals surface area contributed by atoms with Crippen LogP contribution in [0.15, 0.2) is 78.0 Å². The highest BCUT2D eigenvalue weighted by molar-refractivity contribution is 5.90. The molecule has 142 valence electrons. The van der Waals surface area contributed by atoms with Gasteiger partial charge < -0.3 is 9.47 Å². The van der Waals surface area contributed by atoms with Crippen molar-refractivity contribution in [3.63, 3.8) is 0 Å². The van der Waals surface area contributed by atoms with Crippen molar-refractivity contribution in [1.29, 1.82) is 0 Å². The minimum atomic E-state index is -0.439. The summed E-state index contributed by atoms with van der Waals surface area (Å²) in [6.45, 7) is 2.88.